The fourth-order valence-corrected chi connectivity index (χ4v) is 4.63. The Balaban J connectivity index is 1.65. The molecule has 1 aromatic carbocycles. The highest BCUT2D eigenvalue weighted by Gasteiger charge is 2.25. The summed E-state index contributed by atoms with van der Waals surface area (Å²) in [5.74, 6) is 0.323. The number of likely N-dealkylation sites (tertiary alicyclic amines) is 1. The Morgan fingerprint density at radius 1 is 1.33 bits per heavy atom. The number of halogens is 2. The van der Waals surface area contributed by atoms with E-state index in [0.29, 0.717) is 27.8 Å². The van der Waals surface area contributed by atoms with Gasteiger partial charge in [0.2, 0.25) is 0 Å². The summed E-state index contributed by atoms with van der Waals surface area (Å²) in [6, 6.07) is 4.31. The van der Waals surface area contributed by atoms with E-state index in [1.54, 1.807) is 6.07 Å². The number of fused-ring (bicyclic) bond motifs is 1. The van der Waals surface area contributed by atoms with Crippen LogP contribution in [-0.4, -0.2) is 33.9 Å². The number of rotatable bonds is 4. The molecule has 3 aromatic rings. The first kappa shape index (κ1) is 18.1. The molecule has 1 saturated heterocycles. The predicted octanol–water partition coefficient (Wildman–Crippen LogP) is 4.64. The van der Waals surface area contributed by atoms with E-state index in [9.17, 15) is 9.18 Å². The van der Waals surface area contributed by atoms with Crippen LogP contribution >= 0.6 is 22.9 Å². The van der Waals surface area contributed by atoms with E-state index < -0.39 is 0 Å². The number of hydrogen-bond donors (Lipinski definition) is 1. The molecule has 8 heteroatoms. The Labute approximate surface area is 165 Å². The van der Waals surface area contributed by atoms with E-state index in [1.807, 2.05) is 11.8 Å². The predicted molar refractivity (Wildman–Crippen MR) is 106 cm³/mol. The van der Waals surface area contributed by atoms with Crippen LogP contribution in [0.25, 0.3) is 10.9 Å². The first-order chi connectivity index (χ1) is 13.0. The normalized spacial score (nSPS) is 14.1. The van der Waals surface area contributed by atoms with Crippen molar-refractivity contribution in [1.29, 1.82) is 0 Å². The van der Waals surface area contributed by atoms with Crippen LogP contribution in [0.3, 0.4) is 0 Å². The number of thiophene rings is 1. The third kappa shape index (κ3) is 3.49. The van der Waals surface area contributed by atoms with Crippen molar-refractivity contribution in [3.8, 4) is 0 Å². The topological polar surface area (TPSA) is 58.1 Å². The van der Waals surface area contributed by atoms with Gasteiger partial charge in [-0.25, -0.2) is 14.4 Å². The van der Waals surface area contributed by atoms with E-state index in [-0.39, 0.29) is 11.7 Å². The second-order valence-electron chi connectivity index (χ2n) is 6.52. The molecule has 27 heavy (non-hydrogen) atoms. The second kappa shape index (κ2) is 7.40. The average Bonchev–Trinajstić information content (AvgIpc) is 3.29. The molecule has 1 amide bonds. The smallest absolute Gasteiger partial charge is 0.266 e. The molecule has 5 nitrogen and oxygen atoms in total. The van der Waals surface area contributed by atoms with Gasteiger partial charge in [0.15, 0.2) is 0 Å². The number of nitrogens with one attached hydrogen (secondary N) is 1. The number of aromatic nitrogens is 2. The lowest BCUT2D eigenvalue weighted by Gasteiger charge is -2.14. The fourth-order valence-electron chi connectivity index (χ4n) is 3.33. The third-order valence-corrected chi connectivity index (χ3v) is 6.15. The molecular weight excluding hydrogens is 387 g/mol. The Hall–Kier alpha value is -2.25. The standard InChI is InChI=1S/C19H18ClFN4OS/c1-11-15-16(17(27-11)19(26)25-6-2-3-7-25)23-10-24-18(15)22-9-12-4-5-13(21)8-14(12)20/h4-5,8,10H,2-3,6-7,9H2,1H3,(H,22,23,24). The van der Waals surface area contributed by atoms with Gasteiger partial charge in [0.05, 0.1) is 10.9 Å². The number of carbonyl (C=O) groups is 1. The molecule has 1 fully saturated rings. The van der Waals surface area contributed by atoms with Crippen molar-refractivity contribution in [2.75, 3.05) is 18.4 Å². The van der Waals surface area contributed by atoms with Crippen LogP contribution in [0.2, 0.25) is 5.02 Å². The molecule has 0 saturated carbocycles. The highest BCUT2D eigenvalue weighted by molar-refractivity contribution is 7.15. The monoisotopic (exact) mass is 404 g/mol. The van der Waals surface area contributed by atoms with Gasteiger partial charge in [0.1, 0.15) is 22.8 Å². The van der Waals surface area contributed by atoms with E-state index in [1.165, 1.54) is 29.8 Å². The Morgan fingerprint density at radius 2 is 2.11 bits per heavy atom. The van der Waals surface area contributed by atoms with Gasteiger partial charge in [0, 0.05) is 29.5 Å². The van der Waals surface area contributed by atoms with E-state index >= 15 is 0 Å². The summed E-state index contributed by atoms with van der Waals surface area (Å²) >= 11 is 7.56. The van der Waals surface area contributed by atoms with Crippen LogP contribution in [-0.2, 0) is 6.54 Å². The summed E-state index contributed by atoms with van der Waals surface area (Å²) in [6.07, 6.45) is 3.56. The van der Waals surface area contributed by atoms with Crippen molar-refractivity contribution >= 4 is 45.6 Å². The number of anilines is 1. The molecule has 0 bridgehead atoms. The van der Waals surface area contributed by atoms with Crippen molar-refractivity contribution in [3.05, 3.63) is 50.7 Å². The first-order valence-corrected chi connectivity index (χ1v) is 9.95. The lowest BCUT2D eigenvalue weighted by atomic mass is 10.2. The minimum absolute atomic E-state index is 0.0434. The summed E-state index contributed by atoms with van der Waals surface area (Å²) in [4.78, 5) is 25.1. The molecule has 0 aliphatic carbocycles. The van der Waals surface area contributed by atoms with E-state index in [4.69, 9.17) is 11.6 Å². The fraction of sp³-hybridized carbons (Fsp3) is 0.316. The van der Waals surface area contributed by atoms with E-state index in [2.05, 4.69) is 15.3 Å². The Morgan fingerprint density at radius 3 is 2.85 bits per heavy atom. The van der Waals surface area contributed by atoms with Crippen molar-refractivity contribution in [1.82, 2.24) is 14.9 Å². The summed E-state index contributed by atoms with van der Waals surface area (Å²) in [5, 5.41) is 4.46. The zero-order valence-electron chi connectivity index (χ0n) is 14.8. The van der Waals surface area contributed by atoms with Gasteiger partial charge in [-0.05, 0) is 37.5 Å². The van der Waals surface area contributed by atoms with Crippen molar-refractivity contribution in [3.63, 3.8) is 0 Å². The number of amides is 1. The van der Waals surface area contributed by atoms with Gasteiger partial charge < -0.3 is 10.2 Å². The molecule has 0 spiro atoms. The minimum Gasteiger partial charge on any atom is -0.365 e. The van der Waals surface area contributed by atoms with Gasteiger partial charge >= 0.3 is 0 Å². The average molecular weight is 405 g/mol. The maximum atomic E-state index is 13.2. The number of benzene rings is 1. The molecule has 4 rings (SSSR count). The van der Waals surface area contributed by atoms with Crippen LogP contribution in [0.4, 0.5) is 10.2 Å². The lowest BCUT2D eigenvalue weighted by Crippen LogP contribution is -2.27. The molecule has 0 atom stereocenters. The molecule has 1 aliphatic heterocycles. The molecule has 140 valence electrons. The molecule has 2 aromatic heterocycles. The molecule has 0 radical (unpaired) electrons. The van der Waals surface area contributed by atoms with Gasteiger partial charge in [0.25, 0.3) is 5.91 Å². The molecule has 1 N–H and O–H groups in total. The lowest BCUT2D eigenvalue weighted by molar-refractivity contribution is 0.0799. The van der Waals surface area contributed by atoms with Crippen LogP contribution in [0, 0.1) is 12.7 Å². The molecular formula is C19H18ClFN4OS. The van der Waals surface area contributed by atoms with Crippen molar-refractivity contribution < 1.29 is 9.18 Å². The second-order valence-corrected chi connectivity index (χ2v) is 8.15. The van der Waals surface area contributed by atoms with Gasteiger partial charge in [-0.1, -0.05) is 17.7 Å². The van der Waals surface area contributed by atoms with Crippen LogP contribution < -0.4 is 5.32 Å². The maximum absolute atomic E-state index is 13.2. The third-order valence-electron chi connectivity index (χ3n) is 4.72. The molecule has 1 aliphatic rings. The van der Waals surface area contributed by atoms with Crippen molar-refractivity contribution in [2.45, 2.75) is 26.3 Å². The first-order valence-electron chi connectivity index (χ1n) is 8.76. The summed E-state index contributed by atoms with van der Waals surface area (Å²) in [6.45, 7) is 3.97. The van der Waals surface area contributed by atoms with E-state index in [0.717, 1.165) is 41.8 Å². The van der Waals surface area contributed by atoms with Gasteiger partial charge in [-0.15, -0.1) is 11.3 Å². The summed E-state index contributed by atoms with van der Waals surface area (Å²) < 4.78 is 13.2. The molecule has 3 heterocycles. The molecule has 0 unspecified atom stereocenters. The zero-order chi connectivity index (χ0) is 19.0. The number of aryl methyl sites for hydroxylation is 1. The van der Waals surface area contributed by atoms with Crippen molar-refractivity contribution in [2.24, 2.45) is 0 Å². The summed E-state index contributed by atoms with van der Waals surface area (Å²) in [7, 11) is 0. The largest absolute Gasteiger partial charge is 0.365 e. The zero-order valence-corrected chi connectivity index (χ0v) is 16.3. The van der Waals surface area contributed by atoms with Crippen LogP contribution in [0.15, 0.2) is 24.5 Å². The maximum Gasteiger partial charge on any atom is 0.266 e. The quantitative estimate of drug-likeness (QED) is 0.688. The van der Waals surface area contributed by atoms with Gasteiger partial charge in [-0.3, -0.25) is 4.79 Å². The number of carbonyl (C=O) groups excluding carboxylic acids is 1. The minimum atomic E-state index is -0.369. The SMILES string of the molecule is Cc1sc(C(=O)N2CCCC2)c2ncnc(NCc3ccc(F)cc3Cl)c12. The Kier molecular flexibility index (Phi) is 4.97. The Bertz CT molecular complexity index is 1020. The highest BCUT2D eigenvalue weighted by atomic mass is 35.5. The highest BCUT2D eigenvalue weighted by Crippen LogP contribution is 2.34. The number of nitrogens with zero attached hydrogens (tertiary/aromatic N) is 3. The number of hydrogen-bond acceptors (Lipinski definition) is 5. The van der Waals surface area contributed by atoms with Gasteiger partial charge in [-0.2, -0.15) is 0 Å². The summed E-state index contributed by atoms with van der Waals surface area (Å²) in [5.41, 5.74) is 1.45. The van der Waals surface area contributed by atoms with Crippen LogP contribution in [0.1, 0.15) is 33.0 Å². The van der Waals surface area contributed by atoms with Crippen LogP contribution in [0.5, 0.6) is 0 Å².